The van der Waals surface area contributed by atoms with Gasteiger partial charge in [-0.25, -0.2) is 0 Å². The van der Waals surface area contributed by atoms with E-state index in [9.17, 15) is 9.59 Å². The third-order valence-corrected chi connectivity index (χ3v) is 3.29. The highest BCUT2D eigenvalue weighted by Gasteiger charge is 2.23. The van der Waals surface area contributed by atoms with Crippen molar-refractivity contribution in [3.8, 4) is 0 Å². The number of benzene rings is 1. The maximum atomic E-state index is 12.2. The summed E-state index contributed by atoms with van der Waals surface area (Å²) >= 11 is 5.86. The van der Waals surface area contributed by atoms with E-state index in [1.54, 1.807) is 12.1 Å². The SMILES string of the molecule is COC(=O)CCNC(=O)C(c1ccc(Cl)cc1)C(C)C. The number of carbonyl (C=O) groups excluding carboxylic acids is 2. The number of carbonyl (C=O) groups is 2. The summed E-state index contributed by atoms with van der Waals surface area (Å²) in [7, 11) is 1.33. The number of ether oxygens (including phenoxy) is 1. The van der Waals surface area contributed by atoms with Gasteiger partial charge in [-0.05, 0) is 23.6 Å². The van der Waals surface area contributed by atoms with Crippen LogP contribution in [0.15, 0.2) is 24.3 Å². The average molecular weight is 298 g/mol. The van der Waals surface area contributed by atoms with Crippen molar-refractivity contribution in [3.05, 3.63) is 34.9 Å². The number of methoxy groups -OCH3 is 1. The number of amides is 1. The second kappa shape index (κ2) is 7.90. The number of rotatable bonds is 6. The van der Waals surface area contributed by atoms with E-state index in [2.05, 4.69) is 10.1 Å². The third-order valence-electron chi connectivity index (χ3n) is 3.03. The molecule has 1 rings (SSSR count). The molecule has 0 aromatic heterocycles. The van der Waals surface area contributed by atoms with E-state index in [4.69, 9.17) is 11.6 Å². The molecule has 5 heteroatoms. The maximum absolute atomic E-state index is 12.2. The number of esters is 1. The zero-order chi connectivity index (χ0) is 15.1. The molecule has 0 aliphatic carbocycles. The van der Waals surface area contributed by atoms with E-state index >= 15 is 0 Å². The van der Waals surface area contributed by atoms with Crippen LogP contribution in [0.1, 0.15) is 31.7 Å². The number of hydrogen-bond acceptors (Lipinski definition) is 3. The van der Waals surface area contributed by atoms with Crippen LogP contribution in [-0.2, 0) is 14.3 Å². The van der Waals surface area contributed by atoms with Crippen LogP contribution in [0.4, 0.5) is 0 Å². The highest BCUT2D eigenvalue weighted by molar-refractivity contribution is 6.30. The highest BCUT2D eigenvalue weighted by atomic mass is 35.5. The Morgan fingerprint density at radius 1 is 1.25 bits per heavy atom. The van der Waals surface area contributed by atoms with Gasteiger partial charge in [0.05, 0.1) is 19.4 Å². The van der Waals surface area contributed by atoms with Crippen LogP contribution in [0, 0.1) is 5.92 Å². The van der Waals surface area contributed by atoms with E-state index in [0.717, 1.165) is 5.56 Å². The fourth-order valence-electron chi connectivity index (χ4n) is 2.01. The Labute approximate surface area is 124 Å². The Hall–Kier alpha value is -1.55. The van der Waals surface area contributed by atoms with Crippen LogP contribution in [0.2, 0.25) is 5.02 Å². The molecule has 0 aliphatic heterocycles. The molecule has 0 saturated carbocycles. The smallest absolute Gasteiger partial charge is 0.307 e. The van der Waals surface area contributed by atoms with Gasteiger partial charge in [-0.1, -0.05) is 37.6 Å². The molecule has 0 fully saturated rings. The summed E-state index contributed by atoms with van der Waals surface area (Å²) < 4.78 is 4.53. The van der Waals surface area contributed by atoms with Crippen LogP contribution in [0.5, 0.6) is 0 Å². The van der Waals surface area contributed by atoms with Gasteiger partial charge in [0, 0.05) is 11.6 Å². The molecule has 0 heterocycles. The molecule has 1 aromatic rings. The molecule has 0 radical (unpaired) electrons. The molecule has 1 aromatic carbocycles. The van der Waals surface area contributed by atoms with Gasteiger partial charge in [0.15, 0.2) is 0 Å². The van der Waals surface area contributed by atoms with E-state index in [0.29, 0.717) is 5.02 Å². The monoisotopic (exact) mass is 297 g/mol. The molecule has 1 N–H and O–H groups in total. The standard InChI is InChI=1S/C15H20ClNO3/c1-10(2)14(11-4-6-12(16)7-5-11)15(19)17-9-8-13(18)20-3/h4-7,10,14H,8-9H2,1-3H3,(H,17,19). The van der Waals surface area contributed by atoms with Gasteiger partial charge in [0.25, 0.3) is 0 Å². The molecule has 0 aliphatic rings. The first-order valence-electron chi connectivity index (χ1n) is 6.55. The average Bonchev–Trinajstić information content (AvgIpc) is 2.40. The predicted octanol–water partition coefficient (Wildman–Crippen LogP) is 2.76. The van der Waals surface area contributed by atoms with Crippen molar-refractivity contribution >= 4 is 23.5 Å². The Morgan fingerprint density at radius 3 is 2.35 bits per heavy atom. The molecular formula is C15H20ClNO3. The van der Waals surface area contributed by atoms with Crippen LogP contribution >= 0.6 is 11.6 Å². The van der Waals surface area contributed by atoms with Gasteiger partial charge >= 0.3 is 5.97 Å². The predicted molar refractivity (Wildman–Crippen MR) is 78.7 cm³/mol. The minimum absolute atomic E-state index is 0.0915. The minimum atomic E-state index is -0.335. The maximum Gasteiger partial charge on any atom is 0.307 e. The minimum Gasteiger partial charge on any atom is -0.469 e. The molecule has 1 atom stereocenters. The fourth-order valence-corrected chi connectivity index (χ4v) is 2.13. The van der Waals surface area contributed by atoms with Crippen molar-refractivity contribution < 1.29 is 14.3 Å². The highest BCUT2D eigenvalue weighted by Crippen LogP contribution is 2.25. The van der Waals surface area contributed by atoms with Crippen LogP contribution in [0.3, 0.4) is 0 Å². The molecule has 1 amide bonds. The molecule has 4 nitrogen and oxygen atoms in total. The van der Waals surface area contributed by atoms with E-state index < -0.39 is 0 Å². The molecule has 110 valence electrons. The number of halogens is 1. The Kier molecular flexibility index (Phi) is 6.52. The van der Waals surface area contributed by atoms with Crippen molar-refractivity contribution in [1.29, 1.82) is 0 Å². The Balaban J connectivity index is 2.68. The lowest BCUT2D eigenvalue weighted by atomic mass is 9.87. The van der Waals surface area contributed by atoms with Crippen LogP contribution in [-0.4, -0.2) is 25.5 Å². The van der Waals surface area contributed by atoms with Crippen molar-refractivity contribution in [3.63, 3.8) is 0 Å². The van der Waals surface area contributed by atoms with Gasteiger partial charge in [0.2, 0.25) is 5.91 Å². The number of hydrogen-bond donors (Lipinski definition) is 1. The summed E-state index contributed by atoms with van der Waals surface area (Å²) in [5, 5.41) is 3.41. The van der Waals surface area contributed by atoms with E-state index in [1.165, 1.54) is 7.11 Å². The topological polar surface area (TPSA) is 55.4 Å². The van der Waals surface area contributed by atoms with E-state index in [1.807, 2.05) is 26.0 Å². The van der Waals surface area contributed by atoms with Gasteiger partial charge in [-0.15, -0.1) is 0 Å². The zero-order valence-electron chi connectivity index (χ0n) is 12.0. The van der Waals surface area contributed by atoms with Gasteiger partial charge in [-0.3, -0.25) is 9.59 Å². The quantitative estimate of drug-likeness (QED) is 0.822. The van der Waals surface area contributed by atoms with E-state index in [-0.39, 0.29) is 36.7 Å². The summed E-state index contributed by atoms with van der Waals surface area (Å²) in [6, 6.07) is 7.25. The lowest BCUT2D eigenvalue weighted by Crippen LogP contribution is -2.33. The summed E-state index contributed by atoms with van der Waals surface area (Å²) in [4.78, 5) is 23.3. The molecule has 0 saturated heterocycles. The van der Waals surface area contributed by atoms with Crippen molar-refractivity contribution in [2.75, 3.05) is 13.7 Å². The summed E-state index contributed by atoms with van der Waals surface area (Å²) in [5.41, 5.74) is 0.917. The second-order valence-electron chi connectivity index (χ2n) is 4.89. The Morgan fingerprint density at radius 2 is 1.85 bits per heavy atom. The molecular weight excluding hydrogens is 278 g/mol. The van der Waals surface area contributed by atoms with Crippen molar-refractivity contribution in [2.24, 2.45) is 5.92 Å². The number of nitrogens with one attached hydrogen (secondary N) is 1. The molecule has 20 heavy (non-hydrogen) atoms. The summed E-state index contributed by atoms with van der Waals surface area (Å²) in [6.07, 6.45) is 0.174. The summed E-state index contributed by atoms with van der Waals surface area (Å²) in [5.74, 6) is -0.539. The molecule has 0 spiro atoms. The van der Waals surface area contributed by atoms with Gasteiger partial charge < -0.3 is 10.1 Å². The van der Waals surface area contributed by atoms with Crippen LogP contribution in [0.25, 0.3) is 0 Å². The second-order valence-corrected chi connectivity index (χ2v) is 5.33. The first kappa shape index (κ1) is 16.5. The lowest BCUT2D eigenvalue weighted by Gasteiger charge is -2.20. The third kappa shape index (κ3) is 4.85. The van der Waals surface area contributed by atoms with Crippen LogP contribution < -0.4 is 5.32 Å². The van der Waals surface area contributed by atoms with Gasteiger partial charge in [-0.2, -0.15) is 0 Å². The fraction of sp³-hybridized carbons (Fsp3) is 0.467. The first-order valence-corrected chi connectivity index (χ1v) is 6.93. The van der Waals surface area contributed by atoms with Crippen molar-refractivity contribution in [1.82, 2.24) is 5.32 Å². The summed E-state index contributed by atoms with van der Waals surface area (Å²) in [6.45, 7) is 4.25. The van der Waals surface area contributed by atoms with Crippen molar-refractivity contribution in [2.45, 2.75) is 26.2 Å². The Bertz CT molecular complexity index is 457. The van der Waals surface area contributed by atoms with Gasteiger partial charge in [0.1, 0.15) is 0 Å². The normalized spacial score (nSPS) is 12.1. The largest absolute Gasteiger partial charge is 0.469 e. The first-order chi connectivity index (χ1) is 9.45. The molecule has 1 unspecified atom stereocenters. The molecule has 0 bridgehead atoms. The zero-order valence-corrected chi connectivity index (χ0v) is 12.7. The lowest BCUT2D eigenvalue weighted by molar-refractivity contribution is -0.140.